The standard InChI is InChI=1S/C19H25N3O5/c1-21(2)16(24)8-7-13-5-4-6-14(11-13)20-17-15(19(26)27-3)12-22(9-10-23)18(17)25/h4-6,11,20,23H,7-10,12H2,1-3H3. The lowest BCUT2D eigenvalue weighted by Gasteiger charge is -2.15. The van der Waals surface area contributed by atoms with Gasteiger partial charge in [0.15, 0.2) is 0 Å². The Labute approximate surface area is 158 Å². The van der Waals surface area contributed by atoms with Gasteiger partial charge in [-0.05, 0) is 24.1 Å². The summed E-state index contributed by atoms with van der Waals surface area (Å²) in [5.41, 5.74) is 1.95. The largest absolute Gasteiger partial charge is 0.466 e. The van der Waals surface area contributed by atoms with Crippen LogP contribution in [0.3, 0.4) is 0 Å². The first-order chi connectivity index (χ1) is 12.9. The summed E-state index contributed by atoms with van der Waals surface area (Å²) in [6.07, 6.45) is 0.954. The van der Waals surface area contributed by atoms with Crippen molar-refractivity contribution in [1.82, 2.24) is 9.80 Å². The number of aliphatic hydroxyl groups is 1. The highest BCUT2D eigenvalue weighted by atomic mass is 16.5. The third-order valence-electron chi connectivity index (χ3n) is 4.28. The van der Waals surface area contributed by atoms with Gasteiger partial charge in [0.25, 0.3) is 5.91 Å². The fraction of sp³-hybridized carbons (Fsp3) is 0.421. The fourth-order valence-electron chi connectivity index (χ4n) is 2.77. The molecule has 2 rings (SSSR count). The molecule has 0 atom stereocenters. The van der Waals surface area contributed by atoms with Gasteiger partial charge < -0.3 is 25.0 Å². The van der Waals surface area contributed by atoms with E-state index in [1.165, 1.54) is 12.0 Å². The third kappa shape index (κ3) is 5.07. The molecule has 0 fully saturated rings. The number of rotatable bonds is 8. The molecule has 2 N–H and O–H groups in total. The number of benzene rings is 1. The second kappa shape index (κ2) is 9.18. The topological polar surface area (TPSA) is 99.2 Å². The Bertz CT molecular complexity index is 757. The van der Waals surface area contributed by atoms with E-state index in [0.29, 0.717) is 18.5 Å². The van der Waals surface area contributed by atoms with E-state index in [4.69, 9.17) is 9.84 Å². The highest BCUT2D eigenvalue weighted by Gasteiger charge is 2.34. The molecule has 1 aromatic rings. The summed E-state index contributed by atoms with van der Waals surface area (Å²) in [6.45, 7) is 0.0332. The molecule has 0 unspecified atom stereocenters. The molecule has 146 valence electrons. The number of carbonyl (C=O) groups excluding carboxylic acids is 3. The molecular weight excluding hydrogens is 350 g/mol. The summed E-state index contributed by atoms with van der Waals surface area (Å²) in [6, 6.07) is 7.34. The number of nitrogens with one attached hydrogen (secondary N) is 1. The van der Waals surface area contributed by atoms with Gasteiger partial charge in [0, 0.05) is 32.7 Å². The zero-order chi connectivity index (χ0) is 20.0. The summed E-state index contributed by atoms with van der Waals surface area (Å²) in [5.74, 6) is -0.911. The lowest BCUT2D eigenvalue weighted by molar-refractivity contribution is -0.136. The Morgan fingerprint density at radius 3 is 2.70 bits per heavy atom. The van der Waals surface area contributed by atoms with Gasteiger partial charge in [-0.1, -0.05) is 12.1 Å². The number of aryl methyl sites for hydroxylation is 1. The Morgan fingerprint density at radius 2 is 2.07 bits per heavy atom. The minimum Gasteiger partial charge on any atom is -0.466 e. The van der Waals surface area contributed by atoms with Crippen LogP contribution >= 0.6 is 0 Å². The molecule has 8 heteroatoms. The Kier molecular flexibility index (Phi) is 6.95. The average Bonchev–Trinajstić information content (AvgIpc) is 2.95. The molecule has 1 aromatic carbocycles. The molecule has 0 aromatic heterocycles. The van der Waals surface area contributed by atoms with E-state index in [1.54, 1.807) is 25.1 Å². The molecule has 1 aliphatic heterocycles. The van der Waals surface area contributed by atoms with Crippen molar-refractivity contribution in [3.63, 3.8) is 0 Å². The highest BCUT2D eigenvalue weighted by Crippen LogP contribution is 2.23. The van der Waals surface area contributed by atoms with Crippen molar-refractivity contribution in [3.8, 4) is 0 Å². The van der Waals surface area contributed by atoms with Crippen LogP contribution in [0, 0.1) is 0 Å². The smallest absolute Gasteiger partial charge is 0.337 e. The predicted molar refractivity (Wildman–Crippen MR) is 99.8 cm³/mol. The summed E-state index contributed by atoms with van der Waals surface area (Å²) in [7, 11) is 4.68. The van der Waals surface area contributed by atoms with E-state index in [2.05, 4.69) is 5.32 Å². The Morgan fingerprint density at radius 1 is 1.33 bits per heavy atom. The number of β-amino-alcohol motifs (C(OH)–C–C–N with tert-alkyl or cyclic N) is 1. The fourth-order valence-corrected chi connectivity index (χ4v) is 2.77. The normalized spacial score (nSPS) is 13.8. The predicted octanol–water partition coefficient (Wildman–Crippen LogP) is 0.381. The summed E-state index contributed by atoms with van der Waals surface area (Å²) in [5, 5.41) is 12.1. The molecule has 27 heavy (non-hydrogen) atoms. The van der Waals surface area contributed by atoms with Crippen molar-refractivity contribution in [2.75, 3.05) is 46.2 Å². The van der Waals surface area contributed by atoms with Gasteiger partial charge in [0.05, 0.1) is 25.8 Å². The second-order valence-corrected chi connectivity index (χ2v) is 6.41. The zero-order valence-electron chi connectivity index (χ0n) is 15.8. The van der Waals surface area contributed by atoms with Gasteiger partial charge in [-0.15, -0.1) is 0 Å². The number of nitrogens with zero attached hydrogens (tertiary/aromatic N) is 2. The van der Waals surface area contributed by atoms with E-state index >= 15 is 0 Å². The maximum atomic E-state index is 12.5. The lowest BCUT2D eigenvalue weighted by atomic mass is 10.1. The SMILES string of the molecule is COC(=O)C1=C(Nc2cccc(CCC(=O)N(C)C)c2)C(=O)N(CCO)C1. The maximum absolute atomic E-state index is 12.5. The van der Waals surface area contributed by atoms with Crippen LogP contribution in [0.15, 0.2) is 35.5 Å². The number of carbonyl (C=O) groups is 3. The summed E-state index contributed by atoms with van der Waals surface area (Å²) < 4.78 is 4.77. The number of hydrogen-bond acceptors (Lipinski definition) is 6. The zero-order valence-corrected chi connectivity index (χ0v) is 15.8. The van der Waals surface area contributed by atoms with Gasteiger partial charge in [0.2, 0.25) is 5.91 Å². The third-order valence-corrected chi connectivity index (χ3v) is 4.28. The summed E-state index contributed by atoms with van der Waals surface area (Å²) in [4.78, 5) is 39.2. The number of hydrogen-bond donors (Lipinski definition) is 2. The van der Waals surface area contributed by atoms with Crippen LogP contribution in [0.4, 0.5) is 5.69 Å². The minimum atomic E-state index is -0.584. The second-order valence-electron chi connectivity index (χ2n) is 6.41. The van der Waals surface area contributed by atoms with E-state index in [9.17, 15) is 14.4 Å². The van der Waals surface area contributed by atoms with E-state index in [0.717, 1.165) is 5.56 Å². The quantitative estimate of drug-likeness (QED) is 0.638. The Hall–Kier alpha value is -2.87. The first-order valence-corrected chi connectivity index (χ1v) is 8.65. The van der Waals surface area contributed by atoms with Crippen molar-refractivity contribution in [1.29, 1.82) is 0 Å². The molecule has 1 heterocycles. The van der Waals surface area contributed by atoms with Crippen molar-refractivity contribution >= 4 is 23.5 Å². The molecule has 0 radical (unpaired) electrons. The van der Waals surface area contributed by atoms with Gasteiger partial charge >= 0.3 is 5.97 Å². The van der Waals surface area contributed by atoms with E-state index < -0.39 is 5.97 Å². The van der Waals surface area contributed by atoms with Crippen molar-refractivity contribution in [2.24, 2.45) is 0 Å². The number of aliphatic hydroxyl groups excluding tert-OH is 1. The molecular formula is C19H25N3O5. The van der Waals surface area contributed by atoms with E-state index in [-0.39, 0.29) is 42.8 Å². The lowest BCUT2D eigenvalue weighted by Crippen LogP contribution is -2.31. The van der Waals surface area contributed by atoms with Crippen LogP contribution < -0.4 is 5.32 Å². The first kappa shape index (κ1) is 20.4. The monoisotopic (exact) mass is 375 g/mol. The molecule has 0 spiro atoms. The molecule has 0 saturated carbocycles. The van der Waals surface area contributed by atoms with Crippen LogP contribution in [0.25, 0.3) is 0 Å². The first-order valence-electron chi connectivity index (χ1n) is 8.65. The molecule has 0 aliphatic carbocycles. The van der Waals surface area contributed by atoms with E-state index in [1.807, 2.05) is 18.2 Å². The number of anilines is 1. The van der Waals surface area contributed by atoms with Crippen LogP contribution in [0.2, 0.25) is 0 Å². The molecule has 2 amide bonds. The Balaban J connectivity index is 2.18. The van der Waals surface area contributed by atoms with Gasteiger partial charge in [-0.2, -0.15) is 0 Å². The molecule has 0 saturated heterocycles. The highest BCUT2D eigenvalue weighted by molar-refractivity contribution is 6.08. The molecule has 1 aliphatic rings. The van der Waals surface area contributed by atoms with Crippen molar-refractivity contribution in [3.05, 3.63) is 41.1 Å². The molecule has 0 bridgehead atoms. The van der Waals surface area contributed by atoms with Gasteiger partial charge in [-0.3, -0.25) is 9.59 Å². The van der Waals surface area contributed by atoms with Crippen LogP contribution in [-0.2, 0) is 25.5 Å². The minimum absolute atomic E-state index is 0.0367. The van der Waals surface area contributed by atoms with Crippen LogP contribution in [-0.4, -0.2) is 73.6 Å². The van der Waals surface area contributed by atoms with Gasteiger partial charge in [0.1, 0.15) is 5.70 Å². The van der Waals surface area contributed by atoms with Crippen molar-refractivity contribution < 1.29 is 24.2 Å². The van der Waals surface area contributed by atoms with Crippen LogP contribution in [0.5, 0.6) is 0 Å². The number of amides is 2. The van der Waals surface area contributed by atoms with Gasteiger partial charge in [-0.25, -0.2) is 4.79 Å². The summed E-state index contributed by atoms with van der Waals surface area (Å²) >= 11 is 0. The van der Waals surface area contributed by atoms with Crippen LogP contribution in [0.1, 0.15) is 12.0 Å². The van der Waals surface area contributed by atoms with Crippen molar-refractivity contribution in [2.45, 2.75) is 12.8 Å². The number of esters is 1. The maximum Gasteiger partial charge on any atom is 0.337 e. The number of ether oxygens (including phenoxy) is 1. The average molecular weight is 375 g/mol. The molecule has 8 nitrogen and oxygen atoms in total. The number of methoxy groups -OCH3 is 1.